The van der Waals surface area contributed by atoms with Crippen LogP contribution in [0.25, 0.3) is 22.2 Å². The Morgan fingerprint density at radius 1 is 0.917 bits per heavy atom. The zero-order valence-corrected chi connectivity index (χ0v) is 28.1. The molecule has 10 heteroatoms. The summed E-state index contributed by atoms with van der Waals surface area (Å²) in [6.45, 7) is 4.42. The fourth-order valence-electron chi connectivity index (χ4n) is 6.26. The molecule has 0 saturated heterocycles. The molecule has 2 unspecified atom stereocenters. The largest absolute Gasteiger partial charge is 0.478 e. The van der Waals surface area contributed by atoms with Gasteiger partial charge in [0.25, 0.3) is 0 Å². The molecule has 5 aromatic rings. The minimum atomic E-state index is -3.40. The van der Waals surface area contributed by atoms with Crippen LogP contribution in [0.1, 0.15) is 56.9 Å². The number of ether oxygens (including phenoxy) is 1. The number of carboxylic acids is 1. The lowest BCUT2D eigenvalue weighted by molar-refractivity contribution is -0.150. The summed E-state index contributed by atoms with van der Waals surface area (Å²) in [5, 5.41) is 10.6. The first kappa shape index (κ1) is 34.4. The highest BCUT2D eigenvalue weighted by atomic mass is 32.2. The number of aryl methyl sites for hydroxylation is 3. The molecule has 0 aliphatic rings. The maximum atomic E-state index is 13.8. The molecule has 5 rings (SSSR count). The number of carboxylic acid groups (broad SMARTS) is 1. The zero-order valence-electron chi connectivity index (χ0n) is 27.3. The Labute approximate surface area is 281 Å². The first-order chi connectivity index (χ1) is 22.9. The summed E-state index contributed by atoms with van der Waals surface area (Å²) in [5.41, 5.74) is 14.6. The minimum Gasteiger partial charge on any atom is -0.478 e. The van der Waals surface area contributed by atoms with Gasteiger partial charge in [-0.15, -0.1) is 0 Å². The molecule has 0 aliphatic carbocycles. The summed E-state index contributed by atoms with van der Waals surface area (Å²) in [6.07, 6.45) is 2.48. The maximum absolute atomic E-state index is 13.8. The van der Waals surface area contributed by atoms with Crippen LogP contribution in [0.3, 0.4) is 0 Å². The van der Waals surface area contributed by atoms with Crippen molar-refractivity contribution in [2.24, 2.45) is 11.7 Å². The fraction of sp³-hybridized carbons (Fsp3) is 0.263. The molecule has 0 fully saturated rings. The average Bonchev–Trinajstić information content (AvgIpc) is 3.42. The van der Waals surface area contributed by atoms with E-state index in [1.54, 1.807) is 30.3 Å². The molecule has 2 atom stereocenters. The van der Waals surface area contributed by atoms with E-state index in [1.165, 1.54) is 0 Å². The lowest BCUT2D eigenvalue weighted by atomic mass is 9.83. The van der Waals surface area contributed by atoms with E-state index in [0.29, 0.717) is 24.9 Å². The number of carbonyl (C=O) groups excluding carboxylic acids is 1. The van der Waals surface area contributed by atoms with Gasteiger partial charge in [-0.2, -0.15) is 0 Å². The van der Waals surface area contributed by atoms with E-state index in [-0.39, 0.29) is 30.6 Å². The van der Waals surface area contributed by atoms with Gasteiger partial charge in [0.05, 0.1) is 23.4 Å². The van der Waals surface area contributed by atoms with Crippen LogP contribution in [0.15, 0.2) is 91.0 Å². The van der Waals surface area contributed by atoms with Crippen LogP contribution in [-0.4, -0.2) is 43.2 Å². The normalized spacial score (nSPS) is 12.8. The molecule has 0 aliphatic heterocycles. The van der Waals surface area contributed by atoms with Gasteiger partial charge < -0.3 is 20.6 Å². The molecule has 48 heavy (non-hydrogen) atoms. The molecule has 4 aromatic carbocycles. The van der Waals surface area contributed by atoms with E-state index >= 15 is 0 Å². The average molecular weight is 668 g/mol. The van der Waals surface area contributed by atoms with Crippen LogP contribution in [-0.2, 0) is 32.6 Å². The Bertz CT molecular complexity index is 2000. The van der Waals surface area contributed by atoms with E-state index in [2.05, 4.69) is 27.9 Å². The molecule has 0 amide bonds. The Kier molecular flexibility index (Phi) is 10.7. The van der Waals surface area contributed by atoms with Crippen molar-refractivity contribution in [3.63, 3.8) is 0 Å². The van der Waals surface area contributed by atoms with Gasteiger partial charge in [0.15, 0.2) is 0 Å². The highest BCUT2D eigenvalue weighted by molar-refractivity contribution is 7.92. The summed E-state index contributed by atoms with van der Waals surface area (Å²) in [5.74, 6) is -2.21. The second-order valence-corrected chi connectivity index (χ2v) is 14.2. The lowest BCUT2D eigenvalue weighted by Gasteiger charge is -2.23. The molecule has 1 heterocycles. The highest BCUT2D eigenvalue weighted by Gasteiger charge is 2.29. The van der Waals surface area contributed by atoms with Crippen LogP contribution < -0.4 is 10.5 Å². The van der Waals surface area contributed by atoms with E-state index in [4.69, 9.17) is 10.5 Å². The van der Waals surface area contributed by atoms with Gasteiger partial charge in [-0.25, -0.2) is 13.2 Å². The molecule has 5 N–H and O–H groups in total. The number of fused-ring (bicyclic) bond motifs is 1. The predicted molar refractivity (Wildman–Crippen MR) is 190 cm³/mol. The maximum Gasteiger partial charge on any atom is 0.335 e. The second-order valence-electron chi connectivity index (χ2n) is 12.4. The number of hydrogen-bond donors (Lipinski definition) is 4. The number of benzene rings is 4. The van der Waals surface area contributed by atoms with Crippen LogP contribution in [0.2, 0.25) is 0 Å². The number of H-pyrrole nitrogens is 1. The standard InChI is InChI=1S/C38H41N3O6S/c1-24-17-25(2)19-30(18-24)36-35(33-21-28(37(42)43)13-16-34(33)40-36)31(22-39)20-29(38(44)47-23-27-7-5-4-6-8-27)12-9-26-10-14-32(15-11-26)41-48(3,45)46/h4-8,10-11,13-19,21,29,31,40-41H,9,12,20,22-23,39H2,1-3H3,(H,42,43). The number of carbonyl (C=O) groups is 2. The van der Waals surface area contributed by atoms with Gasteiger partial charge in [-0.05, 0) is 110 Å². The van der Waals surface area contributed by atoms with Crippen molar-refractivity contribution < 1.29 is 27.9 Å². The van der Waals surface area contributed by atoms with Crippen molar-refractivity contribution >= 4 is 38.6 Å². The fourth-order valence-corrected chi connectivity index (χ4v) is 6.83. The Balaban J connectivity index is 1.50. The first-order valence-corrected chi connectivity index (χ1v) is 17.7. The quantitative estimate of drug-likeness (QED) is 0.0936. The number of aromatic carboxylic acids is 1. The molecular weight excluding hydrogens is 627 g/mol. The van der Waals surface area contributed by atoms with Crippen LogP contribution in [0, 0.1) is 19.8 Å². The van der Waals surface area contributed by atoms with Gasteiger partial charge in [0.1, 0.15) is 6.61 Å². The number of rotatable bonds is 14. The smallest absolute Gasteiger partial charge is 0.335 e. The lowest BCUT2D eigenvalue weighted by Crippen LogP contribution is -2.24. The van der Waals surface area contributed by atoms with Crippen molar-refractivity contribution in [3.05, 3.63) is 124 Å². The summed E-state index contributed by atoms with van der Waals surface area (Å²) in [4.78, 5) is 29.3. The van der Waals surface area contributed by atoms with Crippen molar-refractivity contribution in [1.82, 2.24) is 4.98 Å². The molecule has 1 aromatic heterocycles. The second kappa shape index (κ2) is 14.9. The minimum absolute atomic E-state index is 0.137. The number of aromatic nitrogens is 1. The molecule has 0 saturated carbocycles. The highest BCUT2D eigenvalue weighted by Crippen LogP contribution is 2.40. The number of hydrogen-bond acceptors (Lipinski definition) is 6. The number of sulfonamides is 1. The van der Waals surface area contributed by atoms with Crippen molar-refractivity contribution in [2.75, 3.05) is 17.5 Å². The summed E-state index contributed by atoms with van der Waals surface area (Å²) < 4.78 is 31.6. The molecule has 0 bridgehead atoms. The van der Waals surface area contributed by atoms with Gasteiger partial charge in [0, 0.05) is 16.6 Å². The Hall–Kier alpha value is -4.93. The third-order valence-corrected chi connectivity index (χ3v) is 9.06. The van der Waals surface area contributed by atoms with Gasteiger partial charge in [0.2, 0.25) is 10.0 Å². The third-order valence-electron chi connectivity index (χ3n) is 8.45. The molecule has 9 nitrogen and oxygen atoms in total. The zero-order chi connectivity index (χ0) is 34.4. The topological polar surface area (TPSA) is 152 Å². The van der Waals surface area contributed by atoms with Gasteiger partial charge >= 0.3 is 11.9 Å². The van der Waals surface area contributed by atoms with Gasteiger partial charge in [-0.1, -0.05) is 59.7 Å². The van der Waals surface area contributed by atoms with Crippen molar-refractivity contribution in [2.45, 2.75) is 45.6 Å². The van der Waals surface area contributed by atoms with Crippen molar-refractivity contribution in [1.29, 1.82) is 0 Å². The SMILES string of the molecule is Cc1cc(C)cc(-c2[nH]c3ccc(C(=O)O)cc3c2C(CN)CC(CCc2ccc(NS(C)(=O)=O)cc2)C(=O)OCc2ccccc2)c1. The Morgan fingerprint density at radius 2 is 1.60 bits per heavy atom. The third kappa shape index (κ3) is 8.70. The number of aromatic amines is 1. The van der Waals surface area contributed by atoms with Crippen LogP contribution in [0.4, 0.5) is 5.69 Å². The molecule has 250 valence electrons. The summed E-state index contributed by atoms with van der Waals surface area (Å²) in [6, 6.07) is 27.9. The molecular formula is C38H41N3O6S. The van der Waals surface area contributed by atoms with Crippen molar-refractivity contribution in [3.8, 4) is 11.3 Å². The van der Waals surface area contributed by atoms with E-state index in [1.807, 2.05) is 56.3 Å². The number of nitrogens with two attached hydrogens (primary N) is 1. The molecule has 0 radical (unpaired) electrons. The predicted octanol–water partition coefficient (Wildman–Crippen LogP) is 6.95. The summed E-state index contributed by atoms with van der Waals surface area (Å²) in [7, 11) is -3.40. The monoisotopic (exact) mass is 667 g/mol. The molecule has 0 spiro atoms. The first-order valence-electron chi connectivity index (χ1n) is 15.8. The van der Waals surface area contributed by atoms with Gasteiger partial charge in [-0.3, -0.25) is 9.52 Å². The number of nitrogens with one attached hydrogen (secondary N) is 2. The van der Waals surface area contributed by atoms with Crippen LogP contribution in [0.5, 0.6) is 0 Å². The van der Waals surface area contributed by atoms with E-state index < -0.39 is 21.9 Å². The number of esters is 1. The Morgan fingerprint density at radius 3 is 2.23 bits per heavy atom. The van der Waals surface area contributed by atoms with E-state index in [0.717, 1.165) is 56.2 Å². The van der Waals surface area contributed by atoms with E-state index in [9.17, 15) is 23.1 Å². The number of anilines is 1. The van der Waals surface area contributed by atoms with Crippen LogP contribution >= 0.6 is 0 Å². The summed E-state index contributed by atoms with van der Waals surface area (Å²) >= 11 is 0.